The summed E-state index contributed by atoms with van der Waals surface area (Å²) in [7, 11) is 0. The molecule has 0 saturated heterocycles. The van der Waals surface area contributed by atoms with E-state index in [0.29, 0.717) is 0 Å². The molecular weight excluding hydrogens is 192 g/mol. The average Bonchev–Trinajstić information content (AvgIpc) is 1.76. The van der Waals surface area contributed by atoms with Crippen LogP contribution in [-0.4, -0.2) is 0 Å². The van der Waals surface area contributed by atoms with Crippen molar-refractivity contribution < 1.29 is 21.7 Å². The third-order valence-electron chi connectivity index (χ3n) is 0.586. The maximum atomic E-state index is 2.99. The van der Waals surface area contributed by atoms with E-state index < -0.39 is 0 Å². The molecule has 0 heterocycles. The van der Waals surface area contributed by atoms with Gasteiger partial charge < -0.3 is 52.0 Å². The maximum absolute atomic E-state index is 2.99. The fourth-order valence-electron chi connectivity index (χ4n) is 0.340. The Labute approximate surface area is 104 Å². The smallest absolute Gasteiger partial charge is 0 e. The van der Waals surface area contributed by atoms with Gasteiger partial charge in [0.2, 0.25) is 0 Å². The van der Waals surface area contributed by atoms with Crippen molar-refractivity contribution in [2.24, 2.45) is 0 Å². The first-order valence-corrected chi connectivity index (χ1v) is 1.72. The largest absolute Gasteiger partial charge is 0.358 e. The Morgan fingerprint density at radius 3 is 1.23 bits per heavy atom. The minimum absolute atomic E-state index is 0. The summed E-state index contributed by atoms with van der Waals surface area (Å²) in [4.78, 5) is 0. The van der Waals surface area contributed by atoms with Gasteiger partial charge in [0, 0.05) is 21.7 Å². The molecule has 13 heavy (non-hydrogen) atoms. The van der Waals surface area contributed by atoms with Gasteiger partial charge in [-0.25, -0.2) is 12.2 Å². The van der Waals surface area contributed by atoms with Crippen LogP contribution in [0.3, 0.4) is 0 Å². The molecule has 0 aromatic heterocycles. The van der Waals surface area contributed by atoms with Crippen molar-refractivity contribution in [3.8, 4) is 0 Å². The molecule has 1 aliphatic rings. The van der Waals surface area contributed by atoms with E-state index in [1.54, 1.807) is 0 Å². The van der Waals surface area contributed by atoms with Crippen molar-refractivity contribution in [3.63, 3.8) is 0 Å². The van der Waals surface area contributed by atoms with Gasteiger partial charge in [-0.1, -0.05) is 0 Å². The van der Waals surface area contributed by atoms with Crippen molar-refractivity contribution in [2.45, 2.75) is 6.42 Å². The normalized spacial score (nSPS) is 6.77. The molecular formula is C12H26Ti-8. The molecule has 0 aromatic carbocycles. The summed E-state index contributed by atoms with van der Waals surface area (Å²) in [6.07, 6.45) is 10.0. The molecule has 0 amide bonds. The van der Waals surface area contributed by atoms with Gasteiger partial charge in [-0.05, 0) is 0 Å². The molecule has 1 rings (SSSR count). The SMILES string of the molecule is [C-]1=CC=CC1.[CH3-].[CH3-].[CH3-].[CH3-].[CH3-].[CH3-].[CH3-].[Ti]. The zero-order valence-corrected chi connectivity index (χ0v) is 12.0. The van der Waals surface area contributed by atoms with Crippen molar-refractivity contribution in [1.82, 2.24) is 0 Å². The first-order chi connectivity index (χ1) is 2.50. The van der Waals surface area contributed by atoms with E-state index in [4.69, 9.17) is 0 Å². The summed E-state index contributed by atoms with van der Waals surface area (Å²) < 4.78 is 0. The first kappa shape index (κ1) is 72.7. The van der Waals surface area contributed by atoms with Crippen LogP contribution in [0, 0.1) is 58.1 Å². The second kappa shape index (κ2) is 56.6. The van der Waals surface area contributed by atoms with Crippen LogP contribution in [-0.2, 0) is 21.7 Å². The van der Waals surface area contributed by atoms with E-state index in [0.717, 1.165) is 6.42 Å². The van der Waals surface area contributed by atoms with E-state index in [2.05, 4.69) is 12.2 Å². The summed E-state index contributed by atoms with van der Waals surface area (Å²) in [5.74, 6) is 0. The molecule has 0 aliphatic heterocycles. The van der Waals surface area contributed by atoms with Gasteiger partial charge >= 0.3 is 0 Å². The minimum atomic E-state index is 0. The molecule has 86 valence electrons. The van der Waals surface area contributed by atoms with Crippen LogP contribution in [0.4, 0.5) is 0 Å². The van der Waals surface area contributed by atoms with Crippen LogP contribution in [0.25, 0.3) is 0 Å². The Balaban J connectivity index is -0.00000000521. The number of allylic oxidation sites excluding steroid dienone is 4. The maximum Gasteiger partial charge on any atom is 0 e. The third kappa shape index (κ3) is 47.0. The first-order valence-electron chi connectivity index (χ1n) is 1.72. The van der Waals surface area contributed by atoms with Gasteiger partial charge in [0.25, 0.3) is 0 Å². The van der Waals surface area contributed by atoms with Gasteiger partial charge in [-0.3, -0.25) is 6.08 Å². The number of hydrogen-bond acceptors (Lipinski definition) is 0. The van der Waals surface area contributed by atoms with Crippen LogP contribution < -0.4 is 0 Å². The van der Waals surface area contributed by atoms with Crippen molar-refractivity contribution in [3.05, 3.63) is 76.3 Å². The molecule has 0 aromatic rings. The Bertz CT molecular complexity index is 63.2. The van der Waals surface area contributed by atoms with Crippen LogP contribution in [0.1, 0.15) is 6.42 Å². The quantitative estimate of drug-likeness (QED) is 0.416. The Morgan fingerprint density at radius 2 is 1.15 bits per heavy atom. The van der Waals surface area contributed by atoms with Gasteiger partial charge in [0.15, 0.2) is 0 Å². The summed E-state index contributed by atoms with van der Waals surface area (Å²) in [5, 5.41) is 0. The molecule has 1 heteroatoms. The van der Waals surface area contributed by atoms with Crippen molar-refractivity contribution in [1.29, 1.82) is 0 Å². The second-order valence-electron chi connectivity index (χ2n) is 1.00. The van der Waals surface area contributed by atoms with Gasteiger partial charge in [0.05, 0.1) is 0 Å². The Hall–Kier alpha value is 0.194. The van der Waals surface area contributed by atoms with E-state index >= 15 is 0 Å². The molecule has 0 unspecified atom stereocenters. The molecule has 0 N–H and O–H groups in total. The molecule has 0 atom stereocenters. The predicted molar refractivity (Wildman–Crippen MR) is 66.5 cm³/mol. The summed E-state index contributed by atoms with van der Waals surface area (Å²) in [6.45, 7) is 0. The molecule has 0 fully saturated rings. The molecule has 0 saturated carbocycles. The van der Waals surface area contributed by atoms with Crippen molar-refractivity contribution in [2.75, 3.05) is 0 Å². The van der Waals surface area contributed by atoms with Gasteiger partial charge in [0.1, 0.15) is 0 Å². The van der Waals surface area contributed by atoms with Crippen LogP contribution in [0.5, 0.6) is 0 Å². The van der Waals surface area contributed by atoms with Gasteiger partial charge in [-0.15, -0.1) is 6.42 Å². The van der Waals surface area contributed by atoms with E-state index in [1.807, 2.05) is 12.2 Å². The average molecular weight is 218 g/mol. The fraction of sp³-hybridized carbons (Fsp3) is 0.0833. The third-order valence-corrected chi connectivity index (χ3v) is 0.586. The Kier molecular flexibility index (Phi) is 317. The molecule has 1 aliphatic carbocycles. The summed E-state index contributed by atoms with van der Waals surface area (Å²) >= 11 is 0. The van der Waals surface area contributed by atoms with Crippen molar-refractivity contribution >= 4 is 0 Å². The number of rotatable bonds is 0. The topological polar surface area (TPSA) is 0 Å². The van der Waals surface area contributed by atoms with Gasteiger partial charge in [-0.2, -0.15) is 6.08 Å². The van der Waals surface area contributed by atoms with Crippen LogP contribution >= 0.6 is 0 Å². The van der Waals surface area contributed by atoms with E-state index in [9.17, 15) is 0 Å². The molecule has 0 bridgehead atoms. The zero-order valence-electron chi connectivity index (χ0n) is 10.4. The number of hydrogen-bond donors (Lipinski definition) is 0. The molecule has 0 nitrogen and oxygen atoms in total. The van der Waals surface area contributed by atoms with Crippen LogP contribution in [0.2, 0.25) is 0 Å². The van der Waals surface area contributed by atoms with Crippen LogP contribution in [0.15, 0.2) is 18.2 Å². The van der Waals surface area contributed by atoms with E-state index in [-0.39, 0.29) is 73.7 Å². The Morgan fingerprint density at radius 1 is 0.769 bits per heavy atom. The zero-order chi connectivity index (χ0) is 3.54. The monoisotopic (exact) mass is 218 g/mol. The molecule has 0 spiro atoms. The summed E-state index contributed by atoms with van der Waals surface area (Å²) in [6, 6.07) is 0. The van der Waals surface area contributed by atoms with E-state index in [1.165, 1.54) is 0 Å². The second-order valence-corrected chi connectivity index (χ2v) is 1.00. The summed E-state index contributed by atoms with van der Waals surface area (Å²) in [5.41, 5.74) is 0. The predicted octanol–water partition coefficient (Wildman–Crippen LogP) is 4.46. The fourth-order valence-corrected chi connectivity index (χ4v) is 0.340. The molecule has 0 radical (unpaired) electrons. The standard InChI is InChI=1S/C5H5.7CH3.Ti/c1-2-4-5-3-1;;;;;;;;/h1-3H,4H2;7*1H3;/q8*-1;. The minimum Gasteiger partial charge on any atom is -0.358 e.